The standard InChI is InChI=1S/C15H19NO4/c1-9-7-10-12(17)5-6-19-13(10)11(8-9)16-14(18)20-15(2,3)4/h7-8H,5-6H2,1-4H3,(H,16,18). The van der Waals surface area contributed by atoms with Crippen LogP contribution in [0.25, 0.3) is 0 Å². The quantitative estimate of drug-likeness (QED) is 0.855. The maximum atomic E-state index is 11.9. The molecule has 0 bridgehead atoms. The second kappa shape index (κ2) is 5.15. The van der Waals surface area contributed by atoms with Crippen molar-refractivity contribution in [3.63, 3.8) is 0 Å². The van der Waals surface area contributed by atoms with Crippen LogP contribution in [0.4, 0.5) is 10.5 Å². The predicted molar refractivity (Wildman–Crippen MR) is 75.5 cm³/mol. The molecule has 1 heterocycles. The lowest BCUT2D eigenvalue weighted by Crippen LogP contribution is -2.28. The van der Waals surface area contributed by atoms with Crippen molar-refractivity contribution in [2.24, 2.45) is 0 Å². The number of carbonyl (C=O) groups excluding carboxylic acids is 2. The van der Waals surface area contributed by atoms with E-state index >= 15 is 0 Å². The van der Waals surface area contributed by atoms with E-state index in [9.17, 15) is 9.59 Å². The van der Waals surface area contributed by atoms with Crippen LogP contribution in [-0.2, 0) is 4.74 Å². The van der Waals surface area contributed by atoms with Crippen LogP contribution < -0.4 is 10.1 Å². The summed E-state index contributed by atoms with van der Waals surface area (Å²) in [7, 11) is 0. The molecule has 1 N–H and O–H groups in total. The van der Waals surface area contributed by atoms with E-state index in [1.165, 1.54) is 0 Å². The van der Waals surface area contributed by atoms with Gasteiger partial charge in [-0.2, -0.15) is 0 Å². The van der Waals surface area contributed by atoms with E-state index in [0.29, 0.717) is 30.0 Å². The molecule has 0 aromatic heterocycles. The van der Waals surface area contributed by atoms with E-state index < -0.39 is 11.7 Å². The monoisotopic (exact) mass is 277 g/mol. The molecular formula is C15H19NO4. The summed E-state index contributed by atoms with van der Waals surface area (Å²) in [6.45, 7) is 7.56. The van der Waals surface area contributed by atoms with Crippen LogP contribution in [0.3, 0.4) is 0 Å². The summed E-state index contributed by atoms with van der Waals surface area (Å²) in [6, 6.07) is 3.54. The number of ketones is 1. The molecule has 2 rings (SSSR count). The molecule has 1 aliphatic heterocycles. The number of nitrogens with one attached hydrogen (secondary N) is 1. The first-order chi connectivity index (χ1) is 9.26. The van der Waals surface area contributed by atoms with Gasteiger partial charge in [-0.25, -0.2) is 4.79 Å². The summed E-state index contributed by atoms with van der Waals surface area (Å²) in [6.07, 6.45) is -0.200. The average Bonchev–Trinajstić information content (AvgIpc) is 2.28. The Morgan fingerprint density at radius 3 is 2.70 bits per heavy atom. The normalized spacial score (nSPS) is 14.3. The van der Waals surface area contributed by atoms with Crippen LogP contribution >= 0.6 is 0 Å². The first-order valence-corrected chi connectivity index (χ1v) is 6.57. The van der Waals surface area contributed by atoms with Gasteiger partial charge in [0.15, 0.2) is 11.5 Å². The number of ether oxygens (including phenoxy) is 2. The van der Waals surface area contributed by atoms with E-state index in [4.69, 9.17) is 9.47 Å². The number of anilines is 1. The molecule has 1 aromatic rings. The number of rotatable bonds is 1. The number of amides is 1. The van der Waals surface area contributed by atoms with Crippen LogP contribution in [-0.4, -0.2) is 24.1 Å². The third-order valence-corrected chi connectivity index (χ3v) is 2.74. The lowest BCUT2D eigenvalue weighted by atomic mass is 10.0. The van der Waals surface area contributed by atoms with Crippen LogP contribution in [0.15, 0.2) is 12.1 Å². The highest BCUT2D eigenvalue weighted by atomic mass is 16.6. The molecule has 1 aliphatic rings. The Morgan fingerprint density at radius 2 is 2.05 bits per heavy atom. The third kappa shape index (κ3) is 3.29. The first kappa shape index (κ1) is 14.4. The Labute approximate surface area is 118 Å². The molecule has 108 valence electrons. The molecule has 0 unspecified atom stereocenters. The lowest BCUT2D eigenvalue weighted by molar-refractivity contribution is 0.0634. The van der Waals surface area contributed by atoms with Gasteiger partial charge in [0.1, 0.15) is 5.60 Å². The van der Waals surface area contributed by atoms with Gasteiger partial charge < -0.3 is 9.47 Å². The van der Waals surface area contributed by atoms with E-state index in [1.807, 2.05) is 6.92 Å². The van der Waals surface area contributed by atoms with Crippen molar-refractivity contribution in [2.45, 2.75) is 39.7 Å². The zero-order chi connectivity index (χ0) is 14.9. The van der Waals surface area contributed by atoms with Crippen LogP contribution in [0.5, 0.6) is 5.75 Å². The fourth-order valence-corrected chi connectivity index (χ4v) is 2.02. The highest BCUT2D eigenvalue weighted by molar-refractivity contribution is 6.03. The minimum atomic E-state index is -0.579. The lowest BCUT2D eigenvalue weighted by Gasteiger charge is -2.23. The van der Waals surface area contributed by atoms with E-state index in [2.05, 4.69) is 5.32 Å². The Kier molecular flexibility index (Phi) is 3.70. The summed E-state index contributed by atoms with van der Waals surface area (Å²) in [5.41, 5.74) is 1.29. The van der Waals surface area contributed by atoms with Crippen molar-refractivity contribution in [1.82, 2.24) is 0 Å². The maximum absolute atomic E-state index is 11.9. The molecule has 5 heteroatoms. The fourth-order valence-electron chi connectivity index (χ4n) is 2.02. The number of Topliss-reactive ketones (excluding diaryl/α,β-unsaturated/α-hetero) is 1. The van der Waals surface area contributed by atoms with Crippen LogP contribution in [0, 0.1) is 6.92 Å². The highest BCUT2D eigenvalue weighted by Crippen LogP contribution is 2.34. The number of hydrogen-bond donors (Lipinski definition) is 1. The molecular weight excluding hydrogens is 258 g/mol. The molecule has 0 fully saturated rings. The Hall–Kier alpha value is -2.04. The topological polar surface area (TPSA) is 64.6 Å². The Bertz CT molecular complexity index is 558. The molecule has 0 saturated heterocycles. The maximum Gasteiger partial charge on any atom is 0.412 e. The molecule has 5 nitrogen and oxygen atoms in total. The Balaban J connectivity index is 2.28. The summed E-state index contributed by atoms with van der Waals surface area (Å²) < 4.78 is 10.7. The summed E-state index contributed by atoms with van der Waals surface area (Å²) in [5, 5.41) is 2.65. The predicted octanol–water partition coefficient (Wildman–Crippen LogP) is 3.31. The summed E-state index contributed by atoms with van der Waals surface area (Å²) in [4.78, 5) is 23.7. The van der Waals surface area contributed by atoms with Gasteiger partial charge in [0.05, 0.1) is 17.9 Å². The molecule has 0 spiro atoms. The number of aryl methyl sites for hydroxylation is 1. The van der Waals surface area contributed by atoms with Gasteiger partial charge in [0.2, 0.25) is 0 Å². The third-order valence-electron chi connectivity index (χ3n) is 2.74. The number of benzene rings is 1. The summed E-state index contributed by atoms with van der Waals surface area (Å²) in [5.74, 6) is 0.458. The van der Waals surface area contributed by atoms with Gasteiger partial charge in [-0.15, -0.1) is 0 Å². The van der Waals surface area contributed by atoms with Crippen molar-refractivity contribution >= 4 is 17.6 Å². The van der Waals surface area contributed by atoms with Gasteiger partial charge in [-0.3, -0.25) is 10.1 Å². The number of hydrogen-bond acceptors (Lipinski definition) is 4. The second-order valence-electron chi connectivity index (χ2n) is 5.84. The van der Waals surface area contributed by atoms with Gasteiger partial charge >= 0.3 is 6.09 Å². The Morgan fingerprint density at radius 1 is 1.35 bits per heavy atom. The SMILES string of the molecule is Cc1cc(NC(=O)OC(C)(C)C)c2c(c1)C(=O)CCO2. The van der Waals surface area contributed by atoms with Gasteiger partial charge in [0.25, 0.3) is 0 Å². The van der Waals surface area contributed by atoms with E-state index in [0.717, 1.165) is 5.56 Å². The minimum absolute atomic E-state index is 0.0298. The molecule has 0 saturated carbocycles. The largest absolute Gasteiger partial charge is 0.490 e. The number of fused-ring (bicyclic) bond motifs is 1. The second-order valence-corrected chi connectivity index (χ2v) is 5.84. The number of carbonyl (C=O) groups is 2. The summed E-state index contributed by atoms with van der Waals surface area (Å²) >= 11 is 0. The van der Waals surface area contributed by atoms with Gasteiger partial charge in [-0.05, 0) is 45.4 Å². The highest BCUT2D eigenvalue weighted by Gasteiger charge is 2.24. The van der Waals surface area contributed by atoms with Crippen LogP contribution in [0.2, 0.25) is 0 Å². The molecule has 1 amide bonds. The van der Waals surface area contributed by atoms with E-state index in [-0.39, 0.29) is 5.78 Å². The van der Waals surface area contributed by atoms with E-state index in [1.54, 1.807) is 32.9 Å². The smallest absolute Gasteiger partial charge is 0.412 e. The van der Waals surface area contributed by atoms with Crippen molar-refractivity contribution in [1.29, 1.82) is 0 Å². The zero-order valence-electron chi connectivity index (χ0n) is 12.2. The van der Waals surface area contributed by atoms with Gasteiger partial charge in [0, 0.05) is 6.42 Å². The average molecular weight is 277 g/mol. The molecule has 0 aliphatic carbocycles. The molecule has 1 aromatic carbocycles. The molecule has 0 radical (unpaired) electrons. The zero-order valence-corrected chi connectivity index (χ0v) is 12.2. The van der Waals surface area contributed by atoms with Gasteiger partial charge in [-0.1, -0.05) is 0 Å². The molecule has 0 atom stereocenters. The molecule has 20 heavy (non-hydrogen) atoms. The first-order valence-electron chi connectivity index (χ1n) is 6.57. The van der Waals surface area contributed by atoms with Crippen molar-refractivity contribution in [3.05, 3.63) is 23.3 Å². The van der Waals surface area contributed by atoms with Crippen LogP contribution in [0.1, 0.15) is 43.1 Å². The van der Waals surface area contributed by atoms with Crippen molar-refractivity contribution in [2.75, 3.05) is 11.9 Å². The van der Waals surface area contributed by atoms with Crippen molar-refractivity contribution < 1.29 is 19.1 Å². The minimum Gasteiger partial charge on any atom is -0.490 e. The fraction of sp³-hybridized carbons (Fsp3) is 0.467. The van der Waals surface area contributed by atoms with Crippen molar-refractivity contribution in [3.8, 4) is 5.75 Å².